The second kappa shape index (κ2) is 5.50. The highest BCUT2D eigenvalue weighted by Crippen LogP contribution is 2.30. The smallest absolute Gasteiger partial charge is 0.0768 e. The van der Waals surface area contributed by atoms with E-state index in [-0.39, 0.29) is 0 Å². The van der Waals surface area contributed by atoms with E-state index in [0.29, 0.717) is 5.41 Å². The van der Waals surface area contributed by atoms with Crippen LogP contribution in [0.2, 0.25) is 0 Å². The molecule has 0 aromatic rings. The fourth-order valence-corrected chi connectivity index (χ4v) is 2.53. The molecule has 1 rings (SSSR count). The van der Waals surface area contributed by atoms with Gasteiger partial charge in [-0.1, -0.05) is 27.7 Å². The lowest BCUT2D eigenvalue weighted by molar-refractivity contribution is -0.00309. The Bertz CT molecular complexity index is 209. The quantitative estimate of drug-likeness (QED) is 0.798. The van der Waals surface area contributed by atoms with Crippen LogP contribution in [0.1, 0.15) is 59.8 Å². The number of β-amino-alcohol motifs (C(OH)–C–C–N with tert-alkyl or cyclic N) is 1. The van der Waals surface area contributed by atoms with Crippen molar-refractivity contribution in [3.05, 3.63) is 0 Å². The highest BCUT2D eigenvalue weighted by Gasteiger charge is 2.29. The van der Waals surface area contributed by atoms with Crippen molar-refractivity contribution in [1.29, 1.82) is 0 Å². The van der Waals surface area contributed by atoms with Crippen LogP contribution in [-0.4, -0.2) is 35.2 Å². The maximum Gasteiger partial charge on any atom is 0.0768 e. The molecule has 1 aliphatic rings. The van der Waals surface area contributed by atoms with Gasteiger partial charge in [-0.3, -0.25) is 0 Å². The zero-order chi connectivity index (χ0) is 12.2. The van der Waals surface area contributed by atoms with Crippen LogP contribution in [0.3, 0.4) is 0 Å². The molecule has 16 heavy (non-hydrogen) atoms. The summed E-state index contributed by atoms with van der Waals surface area (Å²) in [6.45, 7) is 12.1. The van der Waals surface area contributed by atoms with Gasteiger partial charge in [0.1, 0.15) is 0 Å². The molecule has 1 fully saturated rings. The molecular weight excluding hydrogens is 198 g/mol. The van der Waals surface area contributed by atoms with Crippen LogP contribution in [0.5, 0.6) is 0 Å². The first-order valence-electron chi connectivity index (χ1n) is 6.85. The predicted octanol–water partition coefficient (Wildman–Crippen LogP) is 3.05. The van der Waals surface area contributed by atoms with E-state index >= 15 is 0 Å². The molecule has 0 aromatic carbocycles. The van der Waals surface area contributed by atoms with Crippen LogP contribution >= 0.6 is 0 Å². The van der Waals surface area contributed by atoms with Crippen LogP contribution in [0, 0.1) is 5.41 Å². The van der Waals surface area contributed by atoms with Crippen molar-refractivity contribution >= 4 is 0 Å². The Morgan fingerprint density at radius 1 is 1.12 bits per heavy atom. The van der Waals surface area contributed by atoms with Crippen molar-refractivity contribution in [2.75, 3.05) is 19.6 Å². The van der Waals surface area contributed by atoms with E-state index in [0.717, 1.165) is 32.5 Å². The number of likely N-dealkylation sites (tertiary alicyclic amines) is 1. The molecule has 96 valence electrons. The number of rotatable bonds is 4. The Balaban J connectivity index is 2.49. The molecule has 0 unspecified atom stereocenters. The van der Waals surface area contributed by atoms with Gasteiger partial charge in [0.2, 0.25) is 0 Å². The largest absolute Gasteiger partial charge is 0.389 e. The van der Waals surface area contributed by atoms with E-state index < -0.39 is 5.60 Å². The lowest BCUT2D eigenvalue weighted by atomic mass is 9.85. The van der Waals surface area contributed by atoms with Crippen molar-refractivity contribution < 1.29 is 5.11 Å². The minimum absolute atomic E-state index is 0.464. The van der Waals surface area contributed by atoms with Gasteiger partial charge in [-0.05, 0) is 50.6 Å². The molecule has 0 spiro atoms. The number of nitrogens with zero attached hydrogens (tertiary/aromatic N) is 1. The summed E-state index contributed by atoms with van der Waals surface area (Å²) in [5.74, 6) is 0. The summed E-state index contributed by atoms with van der Waals surface area (Å²) in [6, 6.07) is 0. The highest BCUT2D eigenvalue weighted by atomic mass is 16.3. The summed E-state index contributed by atoms with van der Waals surface area (Å²) < 4.78 is 0. The van der Waals surface area contributed by atoms with Crippen LogP contribution < -0.4 is 0 Å². The van der Waals surface area contributed by atoms with Crippen molar-refractivity contribution in [2.24, 2.45) is 5.41 Å². The van der Waals surface area contributed by atoms with Crippen molar-refractivity contribution in [3.8, 4) is 0 Å². The van der Waals surface area contributed by atoms with Gasteiger partial charge in [0, 0.05) is 6.54 Å². The van der Waals surface area contributed by atoms with E-state index in [1.807, 2.05) is 0 Å². The van der Waals surface area contributed by atoms with E-state index in [2.05, 4.69) is 32.6 Å². The predicted molar refractivity (Wildman–Crippen MR) is 69.6 cm³/mol. The summed E-state index contributed by atoms with van der Waals surface area (Å²) in [7, 11) is 0. The van der Waals surface area contributed by atoms with Gasteiger partial charge in [-0.2, -0.15) is 0 Å². The minimum atomic E-state index is -0.464. The van der Waals surface area contributed by atoms with E-state index in [1.54, 1.807) is 0 Å². The monoisotopic (exact) mass is 227 g/mol. The first-order valence-corrected chi connectivity index (χ1v) is 6.85. The van der Waals surface area contributed by atoms with Gasteiger partial charge >= 0.3 is 0 Å². The normalized spacial score (nSPS) is 23.1. The molecule has 1 heterocycles. The number of hydrogen-bond donors (Lipinski definition) is 1. The van der Waals surface area contributed by atoms with Crippen molar-refractivity contribution in [3.63, 3.8) is 0 Å². The third-order valence-corrected chi connectivity index (χ3v) is 4.27. The van der Waals surface area contributed by atoms with Crippen molar-refractivity contribution in [2.45, 2.75) is 65.4 Å². The summed E-state index contributed by atoms with van der Waals surface area (Å²) in [4.78, 5) is 2.46. The lowest BCUT2D eigenvalue weighted by Gasteiger charge is -2.32. The van der Waals surface area contributed by atoms with E-state index in [1.165, 1.54) is 19.3 Å². The average molecular weight is 227 g/mol. The maximum absolute atomic E-state index is 10.4. The van der Waals surface area contributed by atoms with Crippen LogP contribution in [0.15, 0.2) is 0 Å². The summed E-state index contributed by atoms with van der Waals surface area (Å²) in [6.07, 6.45) is 5.58. The van der Waals surface area contributed by atoms with E-state index in [9.17, 15) is 5.11 Å². The fourth-order valence-electron chi connectivity index (χ4n) is 2.53. The topological polar surface area (TPSA) is 23.5 Å². The molecular formula is C14H29NO. The Morgan fingerprint density at radius 2 is 1.75 bits per heavy atom. The molecule has 1 N–H and O–H groups in total. The Morgan fingerprint density at radius 3 is 2.31 bits per heavy atom. The molecule has 0 bridgehead atoms. The van der Waals surface area contributed by atoms with Crippen LogP contribution in [-0.2, 0) is 0 Å². The zero-order valence-electron chi connectivity index (χ0n) is 11.6. The van der Waals surface area contributed by atoms with Gasteiger partial charge in [-0.15, -0.1) is 0 Å². The Labute approximate surface area is 101 Å². The first kappa shape index (κ1) is 14.0. The van der Waals surface area contributed by atoms with Gasteiger partial charge in [-0.25, -0.2) is 0 Å². The molecule has 1 aliphatic heterocycles. The third kappa shape index (κ3) is 4.06. The Kier molecular flexibility index (Phi) is 4.81. The van der Waals surface area contributed by atoms with Gasteiger partial charge in [0.15, 0.2) is 0 Å². The summed E-state index contributed by atoms with van der Waals surface area (Å²) >= 11 is 0. The molecule has 0 radical (unpaired) electrons. The maximum atomic E-state index is 10.4. The first-order chi connectivity index (χ1) is 7.41. The second-order valence-corrected chi connectivity index (χ2v) is 6.23. The van der Waals surface area contributed by atoms with Gasteiger partial charge < -0.3 is 10.0 Å². The SMILES string of the molecule is CCC(O)(CC)CN1CCCC(C)(C)CC1. The molecule has 0 saturated carbocycles. The molecule has 0 atom stereocenters. The molecule has 0 amide bonds. The Hall–Kier alpha value is -0.0800. The molecule has 2 nitrogen and oxygen atoms in total. The standard InChI is InChI=1S/C14H29NO/c1-5-14(16,6-2)12-15-10-7-8-13(3,4)9-11-15/h16H,5-12H2,1-4H3. The highest BCUT2D eigenvalue weighted by molar-refractivity contribution is 4.83. The minimum Gasteiger partial charge on any atom is -0.389 e. The summed E-state index contributed by atoms with van der Waals surface area (Å²) in [5.41, 5.74) is 0.0276. The average Bonchev–Trinajstić information content (AvgIpc) is 2.40. The van der Waals surface area contributed by atoms with Gasteiger partial charge in [0.25, 0.3) is 0 Å². The fraction of sp³-hybridized carbons (Fsp3) is 1.00. The molecule has 1 saturated heterocycles. The second-order valence-electron chi connectivity index (χ2n) is 6.23. The zero-order valence-corrected chi connectivity index (χ0v) is 11.6. The van der Waals surface area contributed by atoms with Crippen molar-refractivity contribution in [1.82, 2.24) is 4.90 Å². The number of aliphatic hydroxyl groups is 1. The summed E-state index contributed by atoms with van der Waals surface area (Å²) in [5, 5.41) is 10.4. The van der Waals surface area contributed by atoms with Gasteiger partial charge in [0.05, 0.1) is 5.60 Å². The third-order valence-electron chi connectivity index (χ3n) is 4.27. The molecule has 2 heteroatoms. The van der Waals surface area contributed by atoms with Crippen LogP contribution in [0.4, 0.5) is 0 Å². The lowest BCUT2D eigenvalue weighted by Crippen LogP contribution is -2.42. The number of hydrogen-bond acceptors (Lipinski definition) is 2. The van der Waals surface area contributed by atoms with Crippen LogP contribution in [0.25, 0.3) is 0 Å². The van der Waals surface area contributed by atoms with E-state index in [4.69, 9.17) is 0 Å². The molecule has 0 aromatic heterocycles. The molecule has 0 aliphatic carbocycles.